The molecule has 4 rings (SSSR count). The second kappa shape index (κ2) is 7.87. The van der Waals surface area contributed by atoms with E-state index in [2.05, 4.69) is 20.6 Å². The van der Waals surface area contributed by atoms with E-state index in [1.54, 1.807) is 23.0 Å². The van der Waals surface area contributed by atoms with Gasteiger partial charge in [0.05, 0.1) is 12.3 Å². The van der Waals surface area contributed by atoms with Gasteiger partial charge in [-0.15, -0.1) is 5.10 Å². The lowest BCUT2D eigenvalue weighted by atomic mass is 10.1. The van der Waals surface area contributed by atoms with Crippen molar-refractivity contribution in [3.05, 3.63) is 78.0 Å². The molecule has 0 unspecified atom stereocenters. The predicted octanol–water partition coefficient (Wildman–Crippen LogP) is 3.14. The molecule has 0 atom stereocenters. The van der Waals surface area contributed by atoms with Gasteiger partial charge >= 0.3 is 0 Å². The minimum Gasteiger partial charge on any atom is -0.494 e. The fraction of sp³-hybridized carbons (Fsp3) is 0.143. The van der Waals surface area contributed by atoms with Gasteiger partial charge in [-0.3, -0.25) is 4.79 Å². The SMILES string of the molecule is CCOc1ccccc1CNC(=O)c1ccc(-n2nnc3cccnc32)cc1. The van der Waals surface area contributed by atoms with Crippen molar-refractivity contribution in [1.29, 1.82) is 0 Å². The average molecular weight is 373 g/mol. The Hall–Kier alpha value is -3.74. The minimum atomic E-state index is -0.153. The number of para-hydroxylation sites is 1. The fourth-order valence-corrected chi connectivity index (χ4v) is 2.92. The van der Waals surface area contributed by atoms with E-state index in [4.69, 9.17) is 4.74 Å². The molecule has 28 heavy (non-hydrogen) atoms. The molecule has 1 N–H and O–H groups in total. The molecule has 0 saturated carbocycles. The molecular weight excluding hydrogens is 354 g/mol. The minimum absolute atomic E-state index is 0.153. The van der Waals surface area contributed by atoms with Gasteiger partial charge in [-0.1, -0.05) is 23.4 Å². The van der Waals surface area contributed by atoms with E-state index in [0.717, 1.165) is 22.5 Å². The number of hydrogen-bond donors (Lipinski definition) is 1. The first-order chi connectivity index (χ1) is 13.8. The summed E-state index contributed by atoms with van der Waals surface area (Å²) in [7, 11) is 0. The first kappa shape index (κ1) is 17.7. The monoisotopic (exact) mass is 373 g/mol. The number of fused-ring (bicyclic) bond motifs is 1. The molecule has 0 aliphatic heterocycles. The molecule has 0 radical (unpaired) electrons. The fourth-order valence-electron chi connectivity index (χ4n) is 2.92. The lowest BCUT2D eigenvalue weighted by Gasteiger charge is -2.11. The van der Waals surface area contributed by atoms with Crippen LogP contribution in [-0.2, 0) is 6.54 Å². The molecule has 2 heterocycles. The summed E-state index contributed by atoms with van der Waals surface area (Å²) >= 11 is 0. The van der Waals surface area contributed by atoms with E-state index in [9.17, 15) is 4.79 Å². The van der Waals surface area contributed by atoms with E-state index in [0.29, 0.717) is 24.4 Å². The molecule has 0 fully saturated rings. The Morgan fingerprint density at radius 1 is 1.07 bits per heavy atom. The van der Waals surface area contributed by atoms with Gasteiger partial charge in [0.1, 0.15) is 11.3 Å². The number of aromatic nitrogens is 4. The smallest absolute Gasteiger partial charge is 0.251 e. The Bertz CT molecular complexity index is 1110. The molecule has 0 spiro atoms. The van der Waals surface area contributed by atoms with Crippen LogP contribution in [-0.4, -0.2) is 32.5 Å². The molecule has 0 aliphatic carbocycles. The standard InChI is InChI=1S/C21H19N5O2/c1-2-28-19-8-4-3-6-16(19)14-23-21(27)15-9-11-17(12-10-15)26-20-18(24-25-26)7-5-13-22-20/h3-13H,2,14H2,1H3,(H,23,27). The number of benzene rings is 2. The van der Waals surface area contributed by atoms with Gasteiger partial charge in [-0.05, 0) is 49.4 Å². The molecule has 4 aromatic rings. The van der Waals surface area contributed by atoms with Gasteiger partial charge in [0.15, 0.2) is 5.65 Å². The Morgan fingerprint density at radius 3 is 2.71 bits per heavy atom. The van der Waals surface area contributed by atoms with Crippen LogP contribution in [0.25, 0.3) is 16.9 Å². The normalized spacial score (nSPS) is 10.8. The van der Waals surface area contributed by atoms with Crippen molar-refractivity contribution in [3.8, 4) is 11.4 Å². The van der Waals surface area contributed by atoms with Crippen LogP contribution in [0.3, 0.4) is 0 Å². The molecule has 0 bridgehead atoms. The molecule has 1 amide bonds. The number of carbonyl (C=O) groups excluding carboxylic acids is 1. The van der Waals surface area contributed by atoms with Crippen molar-refractivity contribution in [3.63, 3.8) is 0 Å². The van der Waals surface area contributed by atoms with Gasteiger partial charge in [-0.25, -0.2) is 4.98 Å². The number of rotatable bonds is 6. The van der Waals surface area contributed by atoms with E-state index >= 15 is 0 Å². The van der Waals surface area contributed by atoms with Crippen LogP contribution in [0.15, 0.2) is 66.9 Å². The Labute approximate surface area is 162 Å². The number of nitrogens with one attached hydrogen (secondary N) is 1. The maximum atomic E-state index is 12.5. The van der Waals surface area contributed by atoms with Crippen molar-refractivity contribution in [1.82, 2.24) is 25.3 Å². The van der Waals surface area contributed by atoms with Crippen LogP contribution in [0.2, 0.25) is 0 Å². The van der Waals surface area contributed by atoms with Crippen molar-refractivity contribution < 1.29 is 9.53 Å². The molecule has 140 valence electrons. The number of pyridine rings is 1. The summed E-state index contributed by atoms with van der Waals surface area (Å²) < 4.78 is 7.24. The maximum absolute atomic E-state index is 12.5. The summed E-state index contributed by atoms with van der Waals surface area (Å²) in [6.45, 7) is 2.91. The highest BCUT2D eigenvalue weighted by molar-refractivity contribution is 5.94. The number of nitrogens with zero attached hydrogens (tertiary/aromatic N) is 4. The van der Waals surface area contributed by atoms with E-state index in [-0.39, 0.29) is 5.91 Å². The van der Waals surface area contributed by atoms with Crippen LogP contribution in [0, 0.1) is 0 Å². The predicted molar refractivity (Wildman–Crippen MR) is 105 cm³/mol. The van der Waals surface area contributed by atoms with Gasteiger partial charge in [0.25, 0.3) is 5.91 Å². The summed E-state index contributed by atoms with van der Waals surface area (Å²) in [6.07, 6.45) is 1.70. The summed E-state index contributed by atoms with van der Waals surface area (Å²) in [6, 6.07) is 18.5. The largest absolute Gasteiger partial charge is 0.494 e. The van der Waals surface area contributed by atoms with Crippen molar-refractivity contribution in [2.45, 2.75) is 13.5 Å². The Morgan fingerprint density at radius 2 is 1.89 bits per heavy atom. The molecule has 0 aliphatic rings. The second-order valence-corrected chi connectivity index (χ2v) is 6.12. The number of hydrogen-bond acceptors (Lipinski definition) is 5. The average Bonchev–Trinajstić information content (AvgIpc) is 3.17. The van der Waals surface area contributed by atoms with Gasteiger partial charge in [0, 0.05) is 23.9 Å². The molecule has 2 aromatic heterocycles. The third-order valence-corrected chi connectivity index (χ3v) is 4.29. The van der Waals surface area contributed by atoms with Crippen molar-refractivity contribution in [2.24, 2.45) is 0 Å². The third kappa shape index (κ3) is 3.55. The number of amides is 1. The van der Waals surface area contributed by atoms with E-state index in [1.165, 1.54) is 0 Å². The van der Waals surface area contributed by atoms with Crippen molar-refractivity contribution >= 4 is 17.1 Å². The van der Waals surface area contributed by atoms with Crippen LogP contribution < -0.4 is 10.1 Å². The molecule has 0 saturated heterocycles. The summed E-state index contributed by atoms with van der Waals surface area (Å²) in [5, 5.41) is 11.2. The number of carbonyl (C=O) groups is 1. The van der Waals surface area contributed by atoms with Crippen LogP contribution in [0.1, 0.15) is 22.8 Å². The molecular formula is C21H19N5O2. The summed E-state index contributed by atoms with van der Waals surface area (Å²) in [4.78, 5) is 16.8. The van der Waals surface area contributed by atoms with E-state index in [1.807, 2.05) is 55.5 Å². The Kier molecular flexibility index (Phi) is 4.97. The van der Waals surface area contributed by atoms with Crippen LogP contribution in [0.4, 0.5) is 0 Å². The molecule has 7 nitrogen and oxygen atoms in total. The van der Waals surface area contributed by atoms with Crippen LogP contribution in [0.5, 0.6) is 5.75 Å². The highest BCUT2D eigenvalue weighted by Crippen LogP contribution is 2.18. The lowest BCUT2D eigenvalue weighted by Crippen LogP contribution is -2.23. The first-order valence-electron chi connectivity index (χ1n) is 9.02. The molecule has 7 heteroatoms. The Balaban J connectivity index is 1.47. The topological polar surface area (TPSA) is 81.9 Å². The lowest BCUT2D eigenvalue weighted by molar-refractivity contribution is 0.0950. The maximum Gasteiger partial charge on any atom is 0.251 e. The third-order valence-electron chi connectivity index (χ3n) is 4.29. The zero-order chi connectivity index (χ0) is 19.3. The zero-order valence-electron chi connectivity index (χ0n) is 15.4. The summed E-state index contributed by atoms with van der Waals surface area (Å²) in [5.41, 5.74) is 3.69. The second-order valence-electron chi connectivity index (χ2n) is 6.12. The van der Waals surface area contributed by atoms with Gasteiger partial charge in [0.2, 0.25) is 0 Å². The molecule has 2 aromatic carbocycles. The van der Waals surface area contributed by atoms with Gasteiger partial charge < -0.3 is 10.1 Å². The quantitative estimate of drug-likeness (QED) is 0.561. The first-order valence-corrected chi connectivity index (χ1v) is 9.02. The highest BCUT2D eigenvalue weighted by atomic mass is 16.5. The highest BCUT2D eigenvalue weighted by Gasteiger charge is 2.10. The number of ether oxygens (including phenoxy) is 1. The van der Waals surface area contributed by atoms with Crippen LogP contribution >= 0.6 is 0 Å². The van der Waals surface area contributed by atoms with Crippen molar-refractivity contribution in [2.75, 3.05) is 6.61 Å². The summed E-state index contributed by atoms with van der Waals surface area (Å²) in [5.74, 6) is 0.630. The van der Waals surface area contributed by atoms with Gasteiger partial charge in [-0.2, -0.15) is 4.68 Å². The van der Waals surface area contributed by atoms with E-state index < -0.39 is 0 Å². The zero-order valence-corrected chi connectivity index (χ0v) is 15.4.